The van der Waals surface area contributed by atoms with Crippen molar-refractivity contribution >= 4 is 28.6 Å². The summed E-state index contributed by atoms with van der Waals surface area (Å²) < 4.78 is 6.68. The molecule has 146 valence electrons. The summed E-state index contributed by atoms with van der Waals surface area (Å²) in [5.41, 5.74) is 3.04. The van der Waals surface area contributed by atoms with Crippen molar-refractivity contribution in [2.75, 3.05) is 11.9 Å². The van der Waals surface area contributed by atoms with Gasteiger partial charge >= 0.3 is 5.76 Å². The first-order valence-corrected chi connectivity index (χ1v) is 9.31. The summed E-state index contributed by atoms with van der Waals surface area (Å²) in [5.74, 6) is -0.943. The Hall–Kier alpha value is -3.35. The van der Waals surface area contributed by atoms with Gasteiger partial charge in [-0.15, -0.1) is 0 Å². The van der Waals surface area contributed by atoms with Crippen molar-refractivity contribution < 1.29 is 14.0 Å². The highest BCUT2D eigenvalue weighted by atomic mass is 16.4. The summed E-state index contributed by atoms with van der Waals surface area (Å²) in [6, 6.07) is 14.7. The normalized spacial score (nSPS) is 10.8. The Bertz CT molecular complexity index is 1040. The zero-order chi connectivity index (χ0) is 19.9. The van der Waals surface area contributed by atoms with Crippen LogP contribution < -0.4 is 16.4 Å². The Labute approximate surface area is 162 Å². The number of para-hydroxylation sites is 3. The molecule has 2 amide bonds. The van der Waals surface area contributed by atoms with Gasteiger partial charge in [-0.05, 0) is 36.6 Å². The number of rotatable bonds is 8. The Kier molecular flexibility index (Phi) is 6.26. The third-order valence-electron chi connectivity index (χ3n) is 4.48. The molecule has 0 atom stereocenters. The number of fused-ring (bicyclic) bond motifs is 1. The van der Waals surface area contributed by atoms with E-state index >= 15 is 0 Å². The van der Waals surface area contributed by atoms with E-state index in [-0.39, 0.29) is 24.8 Å². The minimum Gasteiger partial charge on any atom is -0.408 e. The lowest BCUT2D eigenvalue weighted by atomic mass is 10.1. The van der Waals surface area contributed by atoms with Gasteiger partial charge in [0.15, 0.2) is 5.58 Å². The quantitative estimate of drug-likeness (QED) is 0.627. The van der Waals surface area contributed by atoms with Crippen molar-refractivity contribution in [1.29, 1.82) is 0 Å². The van der Waals surface area contributed by atoms with Gasteiger partial charge in [0.2, 0.25) is 11.8 Å². The smallest absolute Gasteiger partial charge is 0.408 e. The summed E-state index contributed by atoms with van der Waals surface area (Å²) in [5, 5.41) is 5.42. The number of carbonyl (C=O) groups is 2. The van der Waals surface area contributed by atoms with Crippen LogP contribution in [0.4, 0.5) is 5.69 Å². The van der Waals surface area contributed by atoms with Crippen molar-refractivity contribution in [2.24, 2.45) is 0 Å². The summed E-state index contributed by atoms with van der Waals surface area (Å²) in [6.45, 7) is 2.30. The molecule has 0 radical (unpaired) electrons. The fraction of sp³-hybridized carbons (Fsp3) is 0.286. The molecule has 0 aliphatic heterocycles. The van der Waals surface area contributed by atoms with Crippen LogP contribution in [0.3, 0.4) is 0 Å². The highest BCUT2D eigenvalue weighted by molar-refractivity contribution is 5.95. The summed E-state index contributed by atoms with van der Waals surface area (Å²) in [7, 11) is 0. The molecule has 0 aliphatic carbocycles. The maximum atomic E-state index is 12.1. The van der Waals surface area contributed by atoms with Crippen LogP contribution in [0.15, 0.2) is 57.7 Å². The average Bonchev–Trinajstić information content (AvgIpc) is 3.02. The standard InChI is InChI=1S/C21H23N3O4/c1-2-15-8-3-4-9-16(15)23-20(26)14-22-19(25)12-7-13-24-17-10-5-6-11-18(17)28-21(24)27/h3-6,8-11H,2,7,12-14H2,1H3,(H,22,25)(H,23,26). The molecule has 0 spiro atoms. The first-order chi connectivity index (χ1) is 13.6. The molecule has 28 heavy (non-hydrogen) atoms. The molecule has 0 saturated carbocycles. The van der Waals surface area contributed by atoms with Gasteiger partial charge in [-0.25, -0.2) is 4.79 Å². The average molecular weight is 381 g/mol. The first kappa shape index (κ1) is 19.4. The molecule has 0 aliphatic rings. The third-order valence-corrected chi connectivity index (χ3v) is 4.48. The lowest BCUT2D eigenvalue weighted by molar-refractivity contribution is -0.124. The van der Waals surface area contributed by atoms with Crippen LogP contribution in [0.1, 0.15) is 25.3 Å². The van der Waals surface area contributed by atoms with Crippen LogP contribution in [0, 0.1) is 0 Å². The topological polar surface area (TPSA) is 93.3 Å². The van der Waals surface area contributed by atoms with E-state index in [0.717, 1.165) is 17.7 Å². The van der Waals surface area contributed by atoms with E-state index in [2.05, 4.69) is 10.6 Å². The molecule has 0 bridgehead atoms. The van der Waals surface area contributed by atoms with Gasteiger partial charge in [0.1, 0.15) is 0 Å². The van der Waals surface area contributed by atoms with Crippen LogP contribution in [0.25, 0.3) is 11.1 Å². The van der Waals surface area contributed by atoms with Crippen molar-refractivity contribution in [3.05, 3.63) is 64.6 Å². The van der Waals surface area contributed by atoms with Crippen LogP contribution in [0.5, 0.6) is 0 Å². The molecular formula is C21H23N3O4. The second-order valence-electron chi connectivity index (χ2n) is 6.43. The molecule has 7 nitrogen and oxygen atoms in total. The molecule has 0 fully saturated rings. The zero-order valence-corrected chi connectivity index (χ0v) is 15.7. The summed E-state index contributed by atoms with van der Waals surface area (Å²) >= 11 is 0. The van der Waals surface area contributed by atoms with E-state index in [1.54, 1.807) is 18.2 Å². The molecule has 3 rings (SSSR count). The monoisotopic (exact) mass is 381 g/mol. The lowest BCUT2D eigenvalue weighted by Gasteiger charge is -2.10. The van der Waals surface area contributed by atoms with E-state index < -0.39 is 5.76 Å². The van der Waals surface area contributed by atoms with Gasteiger partial charge in [-0.1, -0.05) is 37.3 Å². The van der Waals surface area contributed by atoms with Gasteiger partial charge in [0.05, 0.1) is 12.1 Å². The number of anilines is 1. The predicted octanol–water partition coefficient (Wildman–Crippen LogP) is 2.69. The van der Waals surface area contributed by atoms with Gasteiger partial charge in [0, 0.05) is 18.7 Å². The van der Waals surface area contributed by atoms with Crippen LogP contribution in [0.2, 0.25) is 0 Å². The number of oxazole rings is 1. The molecule has 1 heterocycles. The number of carbonyl (C=O) groups excluding carboxylic acids is 2. The molecule has 1 aromatic heterocycles. The Morgan fingerprint density at radius 1 is 1.04 bits per heavy atom. The maximum Gasteiger partial charge on any atom is 0.419 e. The number of amides is 2. The maximum absolute atomic E-state index is 12.1. The second-order valence-corrected chi connectivity index (χ2v) is 6.43. The SMILES string of the molecule is CCc1ccccc1NC(=O)CNC(=O)CCCn1c(=O)oc2ccccc21. The fourth-order valence-corrected chi connectivity index (χ4v) is 3.04. The number of aryl methyl sites for hydroxylation is 2. The van der Waals surface area contributed by atoms with Gasteiger partial charge < -0.3 is 15.1 Å². The minimum atomic E-state index is -0.435. The van der Waals surface area contributed by atoms with E-state index in [9.17, 15) is 14.4 Å². The Balaban J connectivity index is 1.45. The number of aromatic nitrogens is 1. The van der Waals surface area contributed by atoms with Crippen LogP contribution >= 0.6 is 0 Å². The van der Waals surface area contributed by atoms with Crippen molar-refractivity contribution in [1.82, 2.24) is 9.88 Å². The Morgan fingerprint density at radius 3 is 2.61 bits per heavy atom. The molecule has 7 heteroatoms. The highest BCUT2D eigenvalue weighted by Crippen LogP contribution is 2.15. The summed E-state index contributed by atoms with van der Waals surface area (Å²) in [6.07, 6.45) is 1.49. The molecule has 2 N–H and O–H groups in total. The lowest BCUT2D eigenvalue weighted by Crippen LogP contribution is -2.33. The fourth-order valence-electron chi connectivity index (χ4n) is 3.04. The Morgan fingerprint density at radius 2 is 1.79 bits per heavy atom. The largest absolute Gasteiger partial charge is 0.419 e. The number of hydrogen-bond acceptors (Lipinski definition) is 4. The van der Waals surface area contributed by atoms with Gasteiger partial charge in [-0.3, -0.25) is 14.2 Å². The first-order valence-electron chi connectivity index (χ1n) is 9.31. The van der Waals surface area contributed by atoms with Gasteiger partial charge in [0.25, 0.3) is 0 Å². The van der Waals surface area contributed by atoms with Crippen molar-refractivity contribution in [3.63, 3.8) is 0 Å². The van der Waals surface area contributed by atoms with Crippen LogP contribution in [-0.4, -0.2) is 22.9 Å². The third kappa shape index (κ3) is 4.68. The summed E-state index contributed by atoms with van der Waals surface area (Å²) in [4.78, 5) is 35.9. The van der Waals surface area contributed by atoms with E-state index in [4.69, 9.17) is 4.42 Å². The van der Waals surface area contributed by atoms with E-state index in [1.807, 2.05) is 37.3 Å². The second kappa shape index (κ2) is 9.03. The number of benzene rings is 2. The molecule has 0 saturated heterocycles. The minimum absolute atomic E-state index is 0.0918. The molecule has 0 unspecified atom stereocenters. The number of nitrogens with one attached hydrogen (secondary N) is 2. The highest BCUT2D eigenvalue weighted by Gasteiger charge is 2.10. The predicted molar refractivity (Wildman–Crippen MR) is 107 cm³/mol. The molecule has 3 aromatic rings. The van der Waals surface area contributed by atoms with Crippen molar-refractivity contribution in [3.8, 4) is 0 Å². The number of nitrogens with zero attached hydrogens (tertiary/aromatic N) is 1. The van der Waals surface area contributed by atoms with E-state index in [1.165, 1.54) is 4.57 Å². The number of hydrogen-bond donors (Lipinski definition) is 2. The van der Waals surface area contributed by atoms with E-state index in [0.29, 0.717) is 24.1 Å². The molecule has 2 aromatic carbocycles. The molecular weight excluding hydrogens is 358 g/mol. The van der Waals surface area contributed by atoms with Crippen LogP contribution in [-0.2, 0) is 22.6 Å². The van der Waals surface area contributed by atoms with Crippen molar-refractivity contribution in [2.45, 2.75) is 32.7 Å². The van der Waals surface area contributed by atoms with Gasteiger partial charge in [-0.2, -0.15) is 0 Å². The zero-order valence-electron chi connectivity index (χ0n) is 15.7.